The molecule has 0 amide bonds. The van der Waals surface area contributed by atoms with E-state index in [0.29, 0.717) is 0 Å². The lowest BCUT2D eigenvalue weighted by atomic mass is 11.0. The van der Waals surface area contributed by atoms with Gasteiger partial charge >= 0.3 is 0 Å². The van der Waals surface area contributed by atoms with E-state index in [0.717, 1.165) is 13.2 Å². The van der Waals surface area contributed by atoms with Crippen LogP contribution in [-0.4, -0.2) is 13.2 Å². The van der Waals surface area contributed by atoms with Gasteiger partial charge in [-0.2, -0.15) is 0 Å². The molecule has 5 heavy (non-hydrogen) atoms. The highest BCUT2D eigenvalue weighted by atomic mass is 16.6. The van der Waals surface area contributed by atoms with Gasteiger partial charge in [0.25, 0.3) is 0 Å². The van der Waals surface area contributed by atoms with Gasteiger partial charge in [-0.15, -0.1) is 0 Å². The van der Waals surface area contributed by atoms with E-state index < -0.39 is 0 Å². The van der Waals surface area contributed by atoms with Crippen LogP contribution >= 0.6 is 0 Å². The van der Waals surface area contributed by atoms with Crippen molar-refractivity contribution < 1.29 is 4.74 Å². The molecule has 0 unspecified atom stereocenters. The third kappa shape index (κ3) is 16.5. The molecular formula is C4H10O. The molecule has 0 atom stereocenters. The van der Waals surface area contributed by atoms with Gasteiger partial charge < -0.3 is 4.74 Å². The molecule has 1 aliphatic heterocycles. The molecule has 0 radical (unpaired) electrons. The average molecular weight is 74.1 g/mol. The van der Waals surface area contributed by atoms with E-state index in [4.69, 9.17) is 0 Å². The third-order valence-electron chi connectivity index (χ3n) is 0.204. The summed E-state index contributed by atoms with van der Waals surface area (Å²) in [6.45, 7) is 6.00. The zero-order valence-corrected chi connectivity index (χ0v) is 3.82. The molecule has 0 N–H and O–H groups in total. The normalized spacial score (nSPS) is 15.6. The van der Waals surface area contributed by atoms with E-state index in [2.05, 4.69) is 4.74 Å². The molecule has 0 aromatic carbocycles. The average Bonchev–Trinajstić information content (AvgIpc) is 2.19. The van der Waals surface area contributed by atoms with E-state index in [9.17, 15) is 0 Å². The first-order chi connectivity index (χ1) is 2.50. The summed E-state index contributed by atoms with van der Waals surface area (Å²) >= 11 is 0. The minimum absolute atomic E-state index is 1.00. The molecule has 1 nitrogen and oxygen atoms in total. The third-order valence-corrected chi connectivity index (χ3v) is 0.204. The van der Waals surface area contributed by atoms with Crippen molar-refractivity contribution in [2.45, 2.75) is 13.8 Å². The summed E-state index contributed by atoms with van der Waals surface area (Å²) in [5.74, 6) is 0. The Kier molecular flexibility index (Phi) is 3.93. The Morgan fingerprint density at radius 1 is 1.20 bits per heavy atom. The van der Waals surface area contributed by atoms with Gasteiger partial charge in [0.1, 0.15) is 0 Å². The lowest BCUT2D eigenvalue weighted by molar-refractivity contribution is 0.475. The van der Waals surface area contributed by atoms with Gasteiger partial charge in [-0.1, -0.05) is 13.8 Å². The van der Waals surface area contributed by atoms with Crippen LogP contribution < -0.4 is 0 Å². The Hall–Kier alpha value is -0.0400. The minimum Gasteiger partial charge on any atom is -0.377 e. The van der Waals surface area contributed by atoms with Gasteiger partial charge in [0.15, 0.2) is 0 Å². The van der Waals surface area contributed by atoms with Crippen molar-refractivity contribution in [2.24, 2.45) is 0 Å². The highest BCUT2D eigenvalue weighted by Gasteiger charge is 1.94. The Morgan fingerprint density at radius 3 is 1.40 bits per heavy atom. The van der Waals surface area contributed by atoms with Crippen molar-refractivity contribution in [1.29, 1.82) is 0 Å². The monoisotopic (exact) mass is 74.1 g/mol. The first-order valence-corrected chi connectivity index (χ1v) is 2.08. The zero-order chi connectivity index (χ0) is 4.12. The second-order valence-electron chi connectivity index (χ2n) is 0.612. The lowest BCUT2D eigenvalue weighted by Crippen LogP contribution is -1.20. The number of rotatable bonds is 0. The van der Waals surface area contributed by atoms with Gasteiger partial charge in [-0.25, -0.2) is 0 Å². The largest absolute Gasteiger partial charge is 0.377 e. The highest BCUT2D eigenvalue weighted by Crippen LogP contribution is 1.84. The van der Waals surface area contributed by atoms with Crippen LogP contribution in [0.5, 0.6) is 0 Å². The van der Waals surface area contributed by atoms with Gasteiger partial charge in [0.2, 0.25) is 0 Å². The molecule has 1 heterocycles. The topological polar surface area (TPSA) is 12.5 Å². The predicted molar refractivity (Wildman–Crippen MR) is 22.2 cm³/mol. The van der Waals surface area contributed by atoms with Crippen LogP contribution in [0.1, 0.15) is 13.8 Å². The standard InChI is InChI=1S/C2H4O.C2H6/c1-2-3-1;1-2/h1-2H2;1-2H3. The summed E-state index contributed by atoms with van der Waals surface area (Å²) in [5.41, 5.74) is 0. The molecule has 1 rings (SSSR count). The van der Waals surface area contributed by atoms with Crippen LogP contribution in [-0.2, 0) is 4.74 Å². The summed E-state index contributed by atoms with van der Waals surface area (Å²) in [6, 6.07) is 0. The van der Waals surface area contributed by atoms with Crippen LogP contribution in [0, 0.1) is 0 Å². The lowest BCUT2D eigenvalue weighted by Gasteiger charge is -1.24. The molecule has 1 saturated heterocycles. The number of epoxide rings is 1. The van der Waals surface area contributed by atoms with Crippen LogP contribution in [0.15, 0.2) is 0 Å². The molecule has 0 aliphatic carbocycles. The van der Waals surface area contributed by atoms with Crippen LogP contribution in [0.4, 0.5) is 0 Å². The molecule has 1 fully saturated rings. The SMILES string of the molecule is C1CO1.CC. The maximum atomic E-state index is 4.50. The van der Waals surface area contributed by atoms with Crippen LogP contribution in [0.2, 0.25) is 0 Å². The number of ether oxygens (including phenoxy) is 1. The zero-order valence-electron chi connectivity index (χ0n) is 3.82. The van der Waals surface area contributed by atoms with Gasteiger partial charge in [-0.05, 0) is 0 Å². The quantitative estimate of drug-likeness (QED) is 0.391. The summed E-state index contributed by atoms with van der Waals surface area (Å²) in [7, 11) is 0. The van der Waals surface area contributed by atoms with Crippen molar-refractivity contribution in [2.75, 3.05) is 13.2 Å². The molecule has 1 heteroatoms. The molecule has 1 aliphatic rings. The van der Waals surface area contributed by atoms with Crippen LogP contribution in [0.3, 0.4) is 0 Å². The van der Waals surface area contributed by atoms with Crippen molar-refractivity contribution >= 4 is 0 Å². The fraction of sp³-hybridized carbons (Fsp3) is 1.00. The smallest absolute Gasteiger partial charge is 0.0701 e. The van der Waals surface area contributed by atoms with Crippen molar-refractivity contribution in [1.82, 2.24) is 0 Å². The van der Waals surface area contributed by atoms with Crippen LogP contribution in [0.25, 0.3) is 0 Å². The highest BCUT2D eigenvalue weighted by molar-refractivity contribution is 4.36. The van der Waals surface area contributed by atoms with E-state index in [-0.39, 0.29) is 0 Å². The Balaban J connectivity index is 0.0000000733. The van der Waals surface area contributed by atoms with Crippen molar-refractivity contribution in [3.63, 3.8) is 0 Å². The summed E-state index contributed by atoms with van der Waals surface area (Å²) in [5, 5.41) is 0. The predicted octanol–water partition coefficient (Wildman–Crippen LogP) is 1.04. The second kappa shape index (κ2) is 3.96. The fourth-order valence-electron chi connectivity index (χ4n) is 0. The molecule has 32 valence electrons. The summed E-state index contributed by atoms with van der Waals surface area (Å²) < 4.78 is 4.50. The molecule has 0 bridgehead atoms. The molecule has 0 spiro atoms. The van der Waals surface area contributed by atoms with Gasteiger partial charge in [0, 0.05) is 0 Å². The molecule has 0 aromatic rings. The van der Waals surface area contributed by atoms with Crippen molar-refractivity contribution in [3.05, 3.63) is 0 Å². The molecule has 0 aromatic heterocycles. The van der Waals surface area contributed by atoms with E-state index >= 15 is 0 Å². The Morgan fingerprint density at radius 2 is 1.40 bits per heavy atom. The van der Waals surface area contributed by atoms with E-state index in [1.807, 2.05) is 13.8 Å². The second-order valence-corrected chi connectivity index (χ2v) is 0.612. The Labute approximate surface area is 32.9 Å². The summed E-state index contributed by atoms with van der Waals surface area (Å²) in [4.78, 5) is 0. The first kappa shape index (κ1) is 4.96. The van der Waals surface area contributed by atoms with E-state index in [1.165, 1.54) is 0 Å². The fourth-order valence-corrected chi connectivity index (χ4v) is 0. The molecule has 0 saturated carbocycles. The molecular weight excluding hydrogens is 64.0 g/mol. The van der Waals surface area contributed by atoms with Gasteiger partial charge in [0.05, 0.1) is 13.2 Å². The number of hydrogen-bond donors (Lipinski definition) is 0. The van der Waals surface area contributed by atoms with Crippen molar-refractivity contribution in [3.8, 4) is 0 Å². The van der Waals surface area contributed by atoms with E-state index in [1.54, 1.807) is 0 Å². The maximum Gasteiger partial charge on any atom is 0.0701 e. The summed E-state index contributed by atoms with van der Waals surface area (Å²) in [6.07, 6.45) is 0. The first-order valence-electron chi connectivity index (χ1n) is 2.08. The maximum absolute atomic E-state index is 4.50. The Bertz CT molecular complexity index is 8.36. The number of hydrogen-bond acceptors (Lipinski definition) is 1. The minimum atomic E-state index is 1.00. The van der Waals surface area contributed by atoms with Gasteiger partial charge in [-0.3, -0.25) is 0 Å².